The number of carbonyl (C=O) groups is 2. The maximum atomic E-state index is 14.6. The first kappa shape index (κ1) is 29.9. The molecule has 3 aromatic heterocycles. The van der Waals surface area contributed by atoms with Gasteiger partial charge in [-0.1, -0.05) is 6.92 Å². The highest BCUT2D eigenvalue weighted by atomic mass is 16.6. The van der Waals surface area contributed by atoms with Crippen molar-refractivity contribution >= 4 is 28.9 Å². The summed E-state index contributed by atoms with van der Waals surface area (Å²) in [5, 5.41) is 13.1. The van der Waals surface area contributed by atoms with Crippen LogP contribution in [0.3, 0.4) is 0 Å². The van der Waals surface area contributed by atoms with Crippen LogP contribution in [0.5, 0.6) is 5.88 Å². The van der Waals surface area contributed by atoms with Gasteiger partial charge >= 0.3 is 6.09 Å². The monoisotopic (exact) mass is 656 g/mol. The van der Waals surface area contributed by atoms with Crippen LogP contribution < -0.4 is 20.4 Å². The number of piperazine rings is 1. The van der Waals surface area contributed by atoms with Gasteiger partial charge in [0.2, 0.25) is 17.2 Å². The Kier molecular flexibility index (Phi) is 6.20. The lowest BCUT2D eigenvalue weighted by atomic mass is 9.37. The fourth-order valence-electron chi connectivity index (χ4n) is 9.69. The minimum absolute atomic E-state index is 0.00279. The Labute approximate surface area is 278 Å². The molecule has 10 rings (SSSR count). The number of amides is 2. The van der Waals surface area contributed by atoms with Gasteiger partial charge in [-0.15, -0.1) is 15.0 Å². The van der Waals surface area contributed by atoms with Crippen LogP contribution in [0.15, 0.2) is 23.1 Å². The number of nitrogens with zero attached hydrogens (tertiary/aromatic N) is 7. The quantitative estimate of drug-likeness (QED) is 0.416. The molecular formula is C35H44N8O5. The first-order chi connectivity index (χ1) is 22.9. The number of rotatable bonds is 6. The first-order valence-corrected chi connectivity index (χ1v) is 17.5. The number of aromatic nitrogens is 5. The van der Waals surface area contributed by atoms with E-state index in [2.05, 4.69) is 22.1 Å². The van der Waals surface area contributed by atoms with E-state index < -0.39 is 11.6 Å². The van der Waals surface area contributed by atoms with Crippen molar-refractivity contribution in [3.05, 3.63) is 34.2 Å². The highest BCUT2D eigenvalue weighted by Crippen LogP contribution is 2.75. The van der Waals surface area contributed by atoms with Crippen molar-refractivity contribution in [1.82, 2.24) is 34.8 Å². The molecule has 2 unspecified atom stereocenters. The number of pyridine rings is 2. The molecule has 3 aromatic rings. The van der Waals surface area contributed by atoms with Crippen molar-refractivity contribution < 1.29 is 19.1 Å². The van der Waals surface area contributed by atoms with Crippen LogP contribution in [-0.2, 0) is 9.53 Å². The second-order valence-electron chi connectivity index (χ2n) is 16.3. The molecule has 1 N–H and O–H groups in total. The van der Waals surface area contributed by atoms with Gasteiger partial charge in [-0.05, 0) is 89.5 Å². The predicted molar refractivity (Wildman–Crippen MR) is 177 cm³/mol. The molecule has 13 nitrogen and oxygen atoms in total. The number of hydrogen-bond acceptors (Lipinski definition) is 9. The summed E-state index contributed by atoms with van der Waals surface area (Å²) in [6.45, 7) is 8.66. The van der Waals surface area contributed by atoms with E-state index in [1.807, 2.05) is 30.2 Å². The molecule has 4 atom stereocenters. The van der Waals surface area contributed by atoms with Gasteiger partial charge in [0, 0.05) is 42.9 Å². The Morgan fingerprint density at radius 1 is 1.04 bits per heavy atom. The van der Waals surface area contributed by atoms with Gasteiger partial charge in [0.25, 0.3) is 0 Å². The van der Waals surface area contributed by atoms with E-state index in [4.69, 9.17) is 19.7 Å². The van der Waals surface area contributed by atoms with Crippen molar-refractivity contribution in [2.45, 2.75) is 114 Å². The molecule has 254 valence electrons. The van der Waals surface area contributed by atoms with Gasteiger partial charge in [-0.3, -0.25) is 9.59 Å². The molecule has 5 heterocycles. The van der Waals surface area contributed by atoms with E-state index in [0.29, 0.717) is 47.8 Å². The van der Waals surface area contributed by atoms with Crippen LogP contribution in [0.25, 0.3) is 16.9 Å². The third kappa shape index (κ3) is 4.34. The molecular weight excluding hydrogens is 612 g/mol. The van der Waals surface area contributed by atoms with Gasteiger partial charge in [0.15, 0.2) is 11.2 Å². The highest BCUT2D eigenvalue weighted by Gasteiger charge is 2.72. The molecule has 2 aliphatic heterocycles. The summed E-state index contributed by atoms with van der Waals surface area (Å²) in [4.78, 5) is 51.7. The largest absolute Gasteiger partial charge is 0.481 e. The van der Waals surface area contributed by atoms with Gasteiger partial charge in [0.1, 0.15) is 17.3 Å². The molecule has 48 heavy (non-hydrogen) atoms. The number of nitrogens with one attached hydrogen (secondary N) is 1. The number of methoxy groups -OCH3 is 1. The maximum Gasteiger partial charge on any atom is 0.410 e. The zero-order valence-corrected chi connectivity index (χ0v) is 28.4. The van der Waals surface area contributed by atoms with Crippen LogP contribution in [0.1, 0.15) is 96.7 Å². The fraction of sp³-hybridized carbons (Fsp3) is 0.657. The number of fused-ring (bicyclic) bond motifs is 4. The molecule has 5 aliphatic carbocycles. The molecule has 1 saturated heterocycles. The lowest BCUT2D eigenvalue weighted by molar-refractivity contribution is -0.177. The predicted octanol–water partition coefficient (Wildman–Crippen LogP) is 4.07. The molecule has 0 aromatic carbocycles. The van der Waals surface area contributed by atoms with Gasteiger partial charge in [-0.25, -0.2) is 9.78 Å². The zero-order chi connectivity index (χ0) is 33.3. The standard InChI is InChI=1S/C35H44N8O5/c1-19-14-24(31(45)37-35-16-34(17-35,18-35)20-6-7-20)42-27(19)28(40-12-13-41(23-9-8-22(23)40)32(46)48-33(2,3)4)29(44)26-30(42)39-43(38-26)21-10-11-36-25(15-21)47-5/h10-11,15,19-20,22-24H,6-9,12-14,16-18H2,1-5H3,(H,37,45)/t19?,22-,23-,24?,34?,35?/m0/s1. The van der Waals surface area contributed by atoms with Crippen LogP contribution in [0.4, 0.5) is 10.5 Å². The van der Waals surface area contributed by atoms with E-state index in [1.165, 1.54) is 17.6 Å². The molecule has 0 radical (unpaired) electrons. The van der Waals surface area contributed by atoms with Crippen LogP contribution in [0, 0.1) is 11.3 Å². The number of ether oxygens (including phenoxy) is 2. The Morgan fingerprint density at radius 3 is 2.46 bits per heavy atom. The minimum atomic E-state index is -0.592. The van der Waals surface area contributed by atoms with Crippen molar-refractivity contribution in [2.24, 2.45) is 11.3 Å². The number of anilines is 1. The van der Waals surface area contributed by atoms with Gasteiger partial charge in [0.05, 0.1) is 24.5 Å². The van der Waals surface area contributed by atoms with Crippen molar-refractivity contribution in [3.8, 4) is 11.6 Å². The van der Waals surface area contributed by atoms with E-state index in [0.717, 1.165) is 43.7 Å². The smallest absolute Gasteiger partial charge is 0.410 e. The molecule has 5 saturated carbocycles. The molecule has 2 amide bonds. The highest BCUT2D eigenvalue weighted by molar-refractivity contribution is 5.87. The normalized spacial score (nSPS) is 31.7. The third-order valence-electron chi connectivity index (χ3n) is 12.0. The minimum Gasteiger partial charge on any atom is -0.481 e. The summed E-state index contributed by atoms with van der Waals surface area (Å²) in [7, 11) is 1.54. The van der Waals surface area contributed by atoms with Crippen molar-refractivity contribution in [2.75, 3.05) is 25.1 Å². The summed E-state index contributed by atoms with van der Waals surface area (Å²) in [6.07, 6.45) is 9.49. The molecule has 6 fully saturated rings. The summed E-state index contributed by atoms with van der Waals surface area (Å²) in [5.41, 5.74) is 2.23. The summed E-state index contributed by atoms with van der Waals surface area (Å²) in [6, 6.07) is 2.89. The van der Waals surface area contributed by atoms with Crippen LogP contribution >= 0.6 is 0 Å². The van der Waals surface area contributed by atoms with E-state index in [9.17, 15) is 14.4 Å². The van der Waals surface area contributed by atoms with Crippen LogP contribution in [-0.4, -0.2) is 84.9 Å². The SMILES string of the molecule is COc1cc(-n2nc3c(=O)c(N4CCN(C(=O)OC(C)(C)C)[C@H]5CC[C@@H]54)c4n(c3n2)C(C(=O)NC23CC(C5CC5)(C2)C3)CC4C)ccn1. The Balaban J connectivity index is 1.12. The second kappa shape index (κ2) is 9.94. The number of hydrogen-bond donors (Lipinski definition) is 1. The van der Waals surface area contributed by atoms with E-state index in [1.54, 1.807) is 25.4 Å². The van der Waals surface area contributed by atoms with E-state index in [-0.39, 0.29) is 46.5 Å². The van der Waals surface area contributed by atoms with E-state index >= 15 is 0 Å². The van der Waals surface area contributed by atoms with Gasteiger partial charge < -0.3 is 29.2 Å². The molecule has 0 spiro atoms. The number of carbonyl (C=O) groups excluding carboxylic acids is 2. The Bertz CT molecular complexity index is 1900. The Morgan fingerprint density at radius 2 is 1.79 bits per heavy atom. The summed E-state index contributed by atoms with van der Waals surface area (Å²) >= 11 is 0. The Hall–Kier alpha value is -4.16. The summed E-state index contributed by atoms with van der Waals surface area (Å²) < 4.78 is 13.1. The average molecular weight is 657 g/mol. The first-order valence-electron chi connectivity index (χ1n) is 17.5. The van der Waals surface area contributed by atoms with Crippen molar-refractivity contribution in [3.63, 3.8) is 0 Å². The maximum absolute atomic E-state index is 14.6. The van der Waals surface area contributed by atoms with Crippen molar-refractivity contribution in [1.29, 1.82) is 0 Å². The molecule has 13 heteroatoms. The average Bonchev–Trinajstić information content (AvgIpc) is 3.63. The zero-order valence-electron chi connectivity index (χ0n) is 28.4. The molecule has 2 bridgehead atoms. The van der Waals surface area contributed by atoms with Crippen LogP contribution in [0.2, 0.25) is 0 Å². The molecule has 7 aliphatic rings. The second-order valence-corrected chi connectivity index (χ2v) is 16.3. The fourth-order valence-corrected chi connectivity index (χ4v) is 9.69. The lowest BCUT2D eigenvalue weighted by Crippen LogP contribution is -2.75. The summed E-state index contributed by atoms with van der Waals surface area (Å²) in [5.74, 6) is 1.19. The topological polar surface area (TPSA) is 137 Å². The third-order valence-corrected chi connectivity index (χ3v) is 12.0. The van der Waals surface area contributed by atoms with Gasteiger partial charge in [-0.2, -0.15) is 0 Å². The lowest BCUT2D eigenvalue weighted by Gasteiger charge is -2.71.